The molecule has 1 fully saturated rings. The fraction of sp³-hybridized carbons (Fsp3) is 0.444. The van der Waals surface area contributed by atoms with Gasteiger partial charge >= 0.3 is 11.7 Å². The van der Waals surface area contributed by atoms with E-state index >= 15 is 0 Å². The van der Waals surface area contributed by atoms with Gasteiger partial charge < -0.3 is 25.1 Å². The zero-order valence-electron chi connectivity index (χ0n) is 8.71. The number of carbonyl (C=O) groups excluding carboxylic acids is 1. The smallest absolute Gasteiger partial charge is 0.326 e. The lowest BCUT2D eigenvalue weighted by atomic mass is 10.2. The summed E-state index contributed by atoms with van der Waals surface area (Å²) in [5, 5.41) is 18.3. The number of carboxylic acid groups (broad SMARTS) is 1. The van der Waals surface area contributed by atoms with E-state index in [-0.39, 0.29) is 18.7 Å². The van der Waals surface area contributed by atoms with Crippen LogP contribution in [0.1, 0.15) is 16.9 Å². The van der Waals surface area contributed by atoms with Crippen LogP contribution in [0.3, 0.4) is 0 Å². The van der Waals surface area contributed by atoms with Crippen LogP contribution in [0.2, 0.25) is 0 Å². The van der Waals surface area contributed by atoms with Gasteiger partial charge in [-0.05, 0) is 0 Å². The van der Waals surface area contributed by atoms with Crippen molar-refractivity contribution in [3.8, 4) is 0 Å². The largest absolute Gasteiger partial charge is 0.480 e. The highest BCUT2D eigenvalue weighted by atomic mass is 16.4. The summed E-state index contributed by atoms with van der Waals surface area (Å²) in [5.41, 5.74) is -0.560. The number of amides is 1. The summed E-state index contributed by atoms with van der Waals surface area (Å²) in [5.74, 6) is -1.79. The first-order valence-corrected chi connectivity index (χ1v) is 4.98. The van der Waals surface area contributed by atoms with E-state index in [1.807, 2.05) is 0 Å². The van der Waals surface area contributed by atoms with Gasteiger partial charge in [0.05, 0.1) is 6.10 Å². The van der Waals surface area contributed by atoms with Gasteiger partial charge in [-0.1, -0.05) is 0 Å². The monoisotopic (exact) mass is 241 g/mol. The van der Waals surface area contributed by atoms with E-state index < -0.39 is 29.7 Å². The second-order valence-electron chi connectivity index (χ2n) is 3.86. The van der Waals surface area contributed by atoms with Crippen molar-refractivity contribution in [1.82, 2.24) is 14.9 Å². The summed E-state index contributed by atoms with van der Waals surface area (Å²) in [6.45, 7) is -0.0526. The summed E-state index contributed by atoms with van der Waals surface area (Å²) in [6.07, 6.45) is 0.315. The van der Waals surface area contributed by atoms with Crippen LogP contribution in [0.4, 0.5) is 0 Å². The summed E-state index contributed by atoms with van der Waals surface area (Å²) in [4.78, 5) is 39.2. The van der Waals surface area contributed by atoms with E-state index in [4.69, 9.17) is 5.11 Å². The van der Waals surface area contributed by atoms with Gasteiger partial charge in [0.2, 0.25) is 0 Å². The molecule has 2 atom stereocenters. The van der Waals surface area contributed by atoms with E-state index in [1.54, 1.807) is 0 Å². The maximum Gasteiger partial charge on any atom is 0.326 e. The Bertz CT molecular complexity index is 505. The molecule has 4 N–H and O–H groups in total. The summed E-state index contributed by atoms with van der Waals surface area (Å²) in [6, 6.07) is -1.06. The molecular formula is C9H11N3O5. The SMILES string of the molecule is O=C(O)[C@@H]1CC(O)CN1C(=O)c1c[nH]c(=O)[nH]1. The standard InChI is InChI=1S/C9H11N3O5/c13-4-1-6(8(15)16)12(3-4)7(14)5-2-10-9(17)11-5/h2,4,6,13H,1,3H2,(H,15,16)(H2,10,11,17)/t4?,6-/m0/s1. The number of aliphatic hydroxyl groups is 1. The number of nitrogens with one attached hydrogen (secondary N) is 2. The highest BCUT2D eigenvalue weighted by Crippen LogP contribution is 2.19. The number of hydrogen-bond acceptors (Lipinski definition) is 4. The number of rotatable bonds is 2. The van der Waals surface area contributed by atoms with Gasteiger partial charge in [0.25, 0.3) is 5.91 Å². The molecule has 1 aliphatic rings. The maximum atomic E-state index is 11.9. The third-order valence-corrected chi connectivity index (χ3v) is 2.65. The second-order valence-corrected chi connectivity index (χ2v) is 3.86. The van der Waals surface area contributed by atoms with Gasteiger partial charge in [-0.3, -0.25) is 4.79 Å². The molecule has 0 aromatic carbocycles. The Balaban J connectivity index is 2.24. The molecule has 8 heteroatoms. The second kappa shape index (κ2) is 4.06. The zero-order chi connectivity index (χ0) is 12.6. The van der Waals surface area contributed by atoms with Crippen molar-refractivity contribution in [1.29, 1.82) is 0 Å². The number of aromatic nitrogens is 2. The van der Waals surface area contributed by atoms with E-state index in [1.165, 1.54) is 6.20 Å². The minimum Gasteiger partial charge on any atom is -0.480 e. The van der Waals surface area contributed by atoms with E-state index in [0.29, 0.717) is 0 Å². The lowest BCUT2D eigenvalue weighted by molar-refractivity contribution is -0.141. The van der Waals surface area contributed by atoms with Crippen LogP contribution in [-0.4, -0.2) is 55.6 Å². The van der Waals surface area contributed by atoms with Crippen molar-refractivity contribution in [2.75, 3.05) is 6.54 Å². The first kappa shape index (κ1) is 11.4. The van der Waals surface area contributed by atoms with E-state index in [0.717, 1.165) is 4.90 Å². The molecule has 2 rings (SSSR count). The van der Waals surface area contributed by atoms with Crippen LogP contribution in [0.15, 0.2) is 11.0 Å². The van der Waals surface area contributed by atoms with Gasteiger partial charge in [0, 0.05) is 19.2 Å². The highest BCUT2D eigenvalue weighted by molar-refractivity contribution is 5.95. The van der Waals surface area contributed by atoms with Gasteiger partial charge in [0.1, 0.15) is 11.7 Å². The molecule has 92 valence electrons. The number of imidazole rings is 1. The van der Waals surface area contributed by atoms with Gasteiger partial charge in [-0.25, -0.2) is 9.59 Å². The minimum atomic E-state index is -1.17. The van der Waals surface area contributed by atoms with Crippen molar-refractivity contribution in [3.05, 3.63) is 22.4 Å². The topological polar surface area (TPSA) is 126 Å². The van der Waals surface area contributed by atoms with Crippen molar-refractivity contribution < 1.29 is 19.8 Å². The number of H-pyrrole nitrogens is 2. The number of aliphatic hydroxyl groups excluding tert-OH is 1. The fourth-order valence-electron chi connectivity index (χ4n) is 1.87. The molecule has 1 amide bonds. The number of hydrogen-bond donors (Lipinski definition) is 4. The first-order chi connectivity index (χ1) is 7.99. The van der Waals surface area contributed by atoms with Gasteiger partial charge in [-0.2, -0.15) is 0 Å². The van der Waals surface area contributed by atoms with E-state index in [9.17, 15) is 19.5 Å². The predicted molar refractivity (Wildman–Crippen MR) is 54.5 cm³/mol. The number of β-amino-alcohol motifs (C(OH)–C–C–N with tert-alkyl or cyclic N) is 1. The Morgan fingerprint density at radius 2 is 2.18 bits per heavy atom. The molecule has 2 heterocycles. The highest BCUT2D eigenvalue weighted by Gasteiger charge is 2.39. The molecule has 1 aliphatic heterocycles. The molecular weight excluding hydrogens is 230 g/mol. The Hall–Kier alpha value is -2.09. The molecule has 1 unspecified atom stereocenters. The van der Waals surface area contributed by atoms with Crippen molar-refractivity contribution >= 4 is 11.9 Å². The quantitative estimate of drug-likeness (QED) is 0.494. The maximum absolute atomic E-state index is 11.9. The van der Waals surface area contributed by atoms with Crippen LogP contribution in [-0.2, 0) is 4.79 Å². The Kier molecular flexibility index (Phi) is 2.72. The molecule has 1 aromatic rings. The van der Waals surface area contributed by atoms with Crippen LogP contribution in [0.5, 0.6) is 0 Å². The third kappa shape index (κ3) is 2.07. The molecule has 17 heavy (non-hydrogen) atoms. The van der Waals surface area contributed by atoms with E-state index in [2.05, 4.69) is 9.97 Å². The van der Waals surface area contributed by atoms with Crippen LogP contribution in [0.25, 0.3) is 0 Å². The molecule has 1 aromatic heterocycles. The molecule has 0 radical (unpaired) electrons. The van der Waals surface area contributed by atoms with Crippen LogP contribution < -0.4 is 5.69 Å². The summed E-state index contributed by atoms with van der Waals surface area (Å²) >= 11 is 0. The minimum absolute atomic E-state index is 0.00424. The van der Waals surface area contributed by atoms with Crippen molar-refractivity contribution in [2.24, 2.45) is 0 Å². The zero-order valence-corrected chi connectivity index (χ0v) is 8.71. The number of carboxylic acids is 1. The lowest BCUT2D eigenvalue weighted by Crippen LogP contribution is -2.40. The van der Waals surface area contributed by atoms with Crippen molar-refractivity contribution in [2.45, 2.75) is 18.6 Å². The normalized spacial score (nSPS) is 23.9. The van der Waals surface area contributed by atoms with Gasteiger partial charge in [0.15, 0.2) is 0 Å². The number of aliphatic carboxylic acids is 1. The lowest BCUT2D eigenvalue weighted by Gasteiger charge is -2.19. The fourth-order valence-corrected chi connectivity index (χ4v) is 1.87. The average Bonchev–Trinajstić information content (AvgIpc) is 2.83. The number of likely N-dealkylation sites (tertiary alicyclic amines) is 1. The first-order valence-electron chi connectivity index (χ1n) is 4.98. The average molecular weight is 241 g/mol. The molecule has 0 saturated carbocycles. The summed E-state index contributed by atoms with van der Waals surface area (Å²) in [7, 11) is 0. The Morgan fingerprint density at radius 3 is 2.71 bits per heavy atom. The molecule has 0 bridgehead atoms. The predicted octanol–water partition coefficient (Wildman–Crippen LogP) is -1.64. The molecule has 8 nitrogen and oxygen atoms in total. The molecule has 1 saturated heterocycles. The van der Waals surface area contributed by atoms with Crippen LogP contribution >= 0.6 is 0 Å². The van der Waals surface area contributed by atoms with Crippen molar-refractivity contribution in [3.63, 3.8) is 0 Å². The number of nitrogens with zero attached hydrogens (tertiary/aromatic N) is 1. The molecule has 0 aliphatic carbocycles. The summed E-state index contributed by atoms with van der Waals surface area (Å²) < 4.78 is 0. The van der Waals surface area contributed by atoms with Crippen LogP contribution in [0, 0.1) is 0 Å². The number of aromatic amines is 2. The van der Waals surface area contributed by atoms with Gasteiger partial charge in [-0.15, -0.1) is 0 Å². The Labute approximate surface area is 94.9 Å². The Morgan fingerprint density at radius 1 is 1.47 bits per heavy atom. The number of carbonyl (C=O) groups is 2. The molecule has 0 spiro atoms. The third-order valence-electron chi connectivity index (χ3n) is 2.65.